The largest absolute Gasteiger partial charge is 0.420 e. The van der Waals surface area contributed by atoms with Crippen molar-refractivity contribution in [3.63, 3.8) is 0 Å². The molecule has 20 heavy (non-hydrogen) atoms. The Bertz CT molecular complexity index is 712. The summed E-state index contributed by atoms with van der Waals surface area (Å²) in [7, 11) is 0. The molecular formula is C11H8FN5OS2. The van der Waals surface area contributed by atoms with Crippen LogP contribution in [0.4, 0.5) is 9.52 Å². The highest BCUT2D eigenvalue weighted by molar-refractivity contribution is 8.00. The van der Waals surface area contributed by atoms with Gasteiger partial charge in [0.15, 0.2) is 4.34 Å². The molecule has 0 aliphatic rings. The van der Waals surface area contributed by atoms with Gasteiger partial charge in [-0.05, 0) is 24.3 Å². The summed E-state index contributed by atoms with van der Waals surface area (Å²) in [5, 5.41) is 15.9. The quantitative estimate of drug-likeness (QED) is 0.741. The first-order valence-corrected chi connectivity index (χ1v) is 7.31. The van der Waals surface area contributed by atoms with E-state index in [9.17, 15) is 4.39 Å². The van der Waals surface area contributed by atoms with E-state index < -0.39 is 0 Å². The number of thioether (sulfide) groups is 1. The molecule has 2 aromatic heterocycles. The van der Waals surface area contributed by atoms with E-state index in [4.69, 9.17) is 10.2 Å². The molecule has 0 atom stereocenters. The van der Waals surface area contributed by atoms with E-state index in [1.807, 2.05) is 0 Å². The third-order valence-corrected chi connectivity index (χ3v) is 4.17. The molecule has 0 aliphatic carbocycles. The maximum atomic E-state index is 12.8. The molecule has 102 valence electrons. The van der Waals surface area contributed by atoms with Gasteiger partial charge in [-0.1, -0.05) is 23.1 Å². The van der Waals surface area contributed by atoms with E-state index in [1.165, 1.54) is 35.2 Å². The van der Waals surface area contributed by atoms with Crippen molar-refractivity contribution in [1.82, 2.24) is 20.4 Å². The Morgan fingerprint density at radius 2 is 1.95 bits per heavy atom. The van der Waals surface area contributed by atoms with Crippen molar-refractivity contribution < 1.29 is 8.81 Å². The van der Waals surface area contributed by atoms with Crippen LogP contribution in [0.3, 0.4) is 0 Å². The minimum atomic E-state index is -0.307. The summed E-state index contributed by atoms with van der Waals surface area (Å²) in [5.74, 6) is 0.987. The lowest BCUT2D eigenvalue weighted by molar-refractivity contribution is 0.528. The molecule has 0 amide bonds. The molecule has 0 spiro atoms. The number of nitrogens with zero attached hydrogens (tertiary/aromatic N) is 4. The molecule has 2 N–H and O–H groups in total. The first kappa shape index (κ1) is 13.0. The van der Waals surface area contributed by atoms with Crippen molar-refractivity contribution in [2.24, 2.45) is 0 Å². The third kappa shape index (κ3) is 2.94. The van der Waals surface area contributed by atoms with Crippen LogP contribution in [0.5, 0.6) is 0 Å². The van der Waals surface area contributed by atoms with E-state index >= 15 is 0 Å². The van der Waals surface area contributed by atoms with Crippen molar-refractivity contribution in [1.29, 1.82) is 0 Å². The maximum Gasteiger partial charge on any atom is 0.247 e. The van der Waals surface area contributed by atoms with Crippen LogP contribution in [-0.4, -0.2) is 20.4 Å². The molecule has 3 rings (SSSR count). The van der Waals surface area contributed by atoms with Gasteiger partial charge in [-0.3, -0.25) is 0 Å². The van der Waals surface area contributed by atoms with E-state index in [0.717, 1.165) is 4.34 Å². The predicted molar refractivity (Wildman–Crippen MR) is 73.6 cm³/mol. The van der Waals surface area contributed by atoms with Crippen molar-refractivity contribution in [3.8, 4) is 11.5 Å². The van der Waals surface area contributed by atoms with Gasteiger partial charge in [0.05, 0.1) is 5.75 Å². The summed E-state index contributed by atoms with van der Waals surface area (Å²) >= 11 is 2.71. The SMILES string of the molecule is Nc1nnc(SCc2nnc(-c3ccc(F)cc3)o2)s1. The van der Waals surface area contributed by atoms with E-state index in [2.05, 4.69) is 20.4 Å². The van der Waals surface area contributed by atoms with Crippen molar-refractivity contribution in [2.45, 2.75) is 10.1 Å². The van der Waals surface area contributed by atoms with E-state index in [0.29, 0.717) is 28.2 Å². The molecule has 0 bridgehead atoms. The van der Waals surface area contributed by atoms with Crippen LogP contribution in [0, 0.1) is 5.82 Å². The number of hydrogen-bond donors (Lipinski definition) is 1. The summed E-state index contributed by atoms with van der Waals surface area (Å²) in [6.07, 6.45) is 0. The number of aromatic nitrogens is 4. The third-order valence-electron chi connectivity index (χ3n) is 2.30. The van der Waals surface area contributed by atoms with Gasteiger partial charge in [0, 0.05) is 5.56 Å². The molecular weight excluding hydrogens is 301 g/mol. The summed E-state index contributed by atoms with van der Waals surface area (Å²) < 4.78 is 19.1. The number of anilines is 1. The van der Waals surface area contributed by atoms with Crippen molar-refractivity contribution >= 4 is 28.2 Å². The molecule has 0 unspecified atom stereocenters. The average Bonchev–Trinajstić information content (AvgIpc) is 3.06. The molecule has 0 saturated heterocycles. The summed E-state index contributed by atoms with van der Waals surface area (Å²) in [6, 6.07) is 5.87. The van der Waals surface area contributed by atoms with Gasteiger partial charge in [-0.25, -0.2) is 4.39 Å². The lowest BCUT2D eigenvalue weighted by atomic mass is 10.2. The van der Waals surface area contributed by atoms with Gasteiger partial charge in [0.1, 0.15) is 5.82 Å². The number of benzene rings is 1. The number of nitrogens with two attached hydrogens (primary N) is 1. The standard InChI is InChI=1S/C11H8FN5OS2/c12-7-3-1-6(2-4-7)9-15-14-8(18-9)5-19-11-17-16-10(13)20-11/h1-4H,5H2,(H2,13,16). The summed E-state index contributed by atoms with van der Waals surface area (Å²) in [6.45, 7) is 0. The minimum absolute atomic E-state index is 0.307. The van der Waals surface area contributed by atoms with Crippen molar-refractivity contribution in [2.75, 3.05) is 5.73 Å². The molecule has 6 nitrogen and oxygen atoms in total. The fourth-order valence-electron chi connectivity index (χ4n) is 1.42. The Kier molecular flexibility index (Phi) is 3.61. The van der Waals surface area contributed by atoms with E-state index in [-0.39, 0.29) is 5.82 Å². The molecule has 2 heterocycles. The van der Waals surface area contributed by atoms with Crippen LogP contribution in [-0.2, 0) is 5.75 Å². The van der Waals surface area contributed by atoms with Crippen LogP contribution >= 0.6 is 23.1 Å². The van der Waals surface area contributed by atoms with Gasteiger partial charge in [-0.15, -0.1) is 20.4 Å². The molecule has 1 aromatic carbocycles. The Hall–Kier alpha value is -2.00. The van der Waals surface area contributed by atoms with Crippen LogP contribution in [0.2, 0.25) is 0 Å². The second-order valence-corrected chi connectivity index (χ2v) is 5.93. The van der Waals surface area contributed by atoms with Crippen molar-refractivity contribution in [3.05, 3.63) is 36.0 Å². The Morgan fingerprint density at radius 1 is 1.15 bits per heavy atom. The second kappa shape index (κ2) is 5.55. The fraction of sp³-hybridized carbons (Fsp3) is 0.0909. The van der Waals surface area contributed by atoms with Gasteiger partial charge >= 0.3 is 0 Å². The smallest absolute Gasteiger partial charge is 0.247 e. The van der Waals surface area contributed by atoms with Crippen LogP contribution in [0.25, 0.3) is 11.5 Å². The maximum absolute atomic E-state index is 12.8. The number of halogens is 1. The zero-order valence-electron chi connectivity index (χ0n) is 9.99. The Labute approximate surface area is 121 Å². The molecule has 9 heteroatoms. The fourth-order valence-corrected chi connectivity index (χ4v) is 2.90. The minimum Gasteiger partial charge on any atom is -0.420 e. The second-order valence-electron chi connectivity index (χ2n) is 3.70. The number of nitrogen functional groups attached to an aromatic ring is 1. The predicted octanol–water partition coefficient (Wildman–Crippen LogP) is 2.60. The highest BCUT2D eigenvalue weighted by Gasteiger charge is 2.10. The van der Waals surface area contributed by atoms with Crippen LogP contribution < -0.4 is 5.73 Å². The normalized spacial score (nSPS) is 10.8. The first-order valence-electron chi connectivity index (χ1n) is 5.51. The van der Waals surface area contributed by atoms with Gasteiger partial charge in [0.2, 0.25) is 16.9 Å². The van der Waals surface area contributed by atoms with Gasteiger partial charge in [0.25, 0.3) is 0 Å². The summed E-state index contributed by atoms with van der Waals surface area (Å²) in [4.78, 5) is 0. The highest BCUT2D eigenvalue weighted by Crippen LogP contribution is 2.27. The molecule has 0 aliphatic heterocycles. The molecule has 0 radical (unpaired) electrons. The van der Waals surface area contributed by atoms with Gasteiger partial charge in [-0.2, -0.15) is 0 Å². The summed E-state index contributed by atoms with van der Waals surface area (Å²) in [5.41, 5.74) is 6.17. The number of hydrogen-bond acceptors (Lipinski definition) is 8. The zero-order chi connectivity index (χ0) is 13.9. The number of rotatable bonds is 4. The Balaban J connectivity index is 1.69. The highest BCUT2D eigenvalue weighted by atomic mass is 32.2. The molecule has 0 fully saturated rings. The molecule has 3 aromatic rings. The lowest BCUT2D eigenvalue weighted by Gasteiger charge is -1.94. The lowest BCUT2D eigenvalue weighted by Crippen LogP contribution is -1.80. The first-order chi connectivity index (χ1) is 9.70. The average molecular weight is 309 g/mol. The van der Waals surface area contributed by atoms with Crippen LogP contribution in [0.1, 0.15) is 5.89 Å². The van der Waals surface area contributed by atoms with Crippen LogP contribution in [0.15, 0.2) is 33.0 Å². The monoisotopic (exact) mass is 309 g/mol. The Morgan fingerprint density at radius 3 is 2.65 bits per heavy atom. The molecule has 0 saturated carbocycles. The van der Waals surface area contributed by atoms with Gasteiger partial charge < -0.3 is 10.2 Å². The topological polar surface area (TPSA) is 90.7 Å². The zero-order valence-corrected chi connectivity index (χ0v) is 11.6. The van der Waals surface area contributed by atoms with E-state index in [1.54, 1.807) is 12.1 Å².